The van der Waals surface area contributed by atoms with Crippen LogP contribution in [0.3, 0.4) is 0 Å². The number of piperazine rings is 1. The molecule has 2 aromatic heterocycles. The third-order valence-corrected chi connectivity index (χ3v) is 11.1. The smallest absolute Gasteiger partial charge is 0.420 e. The molecule has 1 unspecified atom stereocenters. The van der Waals surface area contributed by atoms with Crippen LogP contribution in [0.1, 0.15) is 57.5 Å². The van der Waals surface area contributed by atoms with Crippen molar-refractivity contribution in [2.45, 2.75) is 56.4 Å². The van der Waals surface area contributed by atoms with Crippen LogP contribution in [-0.4, -0.2) is 110 Å². The van der Waals surface area contributed by atoms with Crippen molar-refractivity contribution < 1.29 is 32.7 Å². The molecule has 292 valence electrons. The first-order chi connectivity index (χ1) is 27.0. The number of alkyl halides is 3. The molecule has 0 saturated carbocycles. The Morgan fingerprint density at radius 3 is 2.43 bits per heavy atom. The number of aromatic amines is 1. The lowest BCUT2D eigenvalue weighted by Crippen LogP contribution is -2.53. The van der Waals surface area contributed by atoms with E-state index in [9.17, 15) is 28.0 Å². The number of rotatable bonds is 10. The van der Waals surface area contributed by atoms with Crippen molar-refractivity contribution in [2.24, 2.45) is 0 Å². The Balaban J connectivity index is 0.861. The lowest BCUT2D eigenvalue weighted by molar-refractivity contribution is -0.136. The van der Waals surface area contributed by atoms with Gasteiger partial charge in [0.1, 0.15) is 17.6 Å². The first kappa shape index (κ1) is 37.5. The van der Waals surface area contributed by atoms with Gasteiger partial charge in [-0.3, -0.25) is 39.4 Å². The molecule has 0 aliphatic carbocycles. The fourth-order valence-corrected chi connectivity index (χ4v) is 8.25. The summed E-state index contributed by atoms with van der Waals surface area (Å²) in [5.74, 6) is -0.672. The van der Waals surface area contributed by atoms with Crippen LogP contribution in [0, 0.1) is 0 Å². The second-order valence-corrected chi connectivity index (χ2v) is 14.9. The Bertz CT molecular complexity index is 2120. The molecule has 2 aromatic carbocycles. The number of pyridine rings is 1. The zero-order chi connectivity index (χ0) is 39.0. The predicted molar refractivity (Wildman–Crippen MR) is 202 cm³/mol. The fraction of sp³-hybridized carbons (Fsp3) is 0.385. The number of benzene rings is 2. The first-order valence-electron chi connectivity index (χ1n) is 18.6. The van der Waals surface area contributed by atoms with Gasteiger partial charge in [0.25, 0.3) is 11.8 Å². The molecule has 0 bridgehead atoms. The van der Waals surface area contributed by atoms with Crippen molar-refractivity contribution >= 4 is 46.7 Å². The van der Waals surface area contributed by atoms with Crippen molar-refractivity contribution in [1.82, 2.24) is 35.2 Å². The molecule has 8 rings (SSSR count). The lowest BCUT2D eigenvalue weighted by atomic mass is 9.99. The summed E-state index contributed by atoms with van der Waals surface area (Å²) in [4.78, 5) is 64.3. The van der Waals surface area contributed by atoms with E-state index in [0.717, 1.165) is 86.9 Å². The summed E-state index contributed by atoms with van der Waals surface area (Å²) < 4.78 is 30.3. The quantitative estimate of drug-likeness (QED) is 0.155. The number of fused-ring (bicyclic) bond motifs is 1. The van der Waals surface area contributed by atoms with Gasteiger partial charge in [0.05, 0.1) is 11.3 Å². The molecule has 1 atom stereocenters. The lowest BCUT2D eigenvalue weighted by Gasteiger charge is -2.43. The van der Waals surface area contributed by atoms with Gasteiger partial charge in [-0.05, 0) is 85.9 Å². The molecule has 3 saturated heterocycles. The number of anilines is 2. The first-order valence-corrected chi connectivity index (χ1v) is 19.0. The van der Waals surface area contributed by atoms with Crippen molar-refractivity contribution in [3.8, 4) is 17.0 Å². The SMILES string of the molecule is O=C1CCC(N2Cc3c(CN4CCC(N5CCN(c6ncc(C(=O)Nc7ccc(OC(F)(F)Cl)cc7)cc6-c6ccn[nH]6)CC5)CC4)cccc3C2=O)C(=O)N1. The van der Waals surface area contributed by atoms with E-state index in [2.05, 4.69) is 46.3 Å². The number of ether oxygens (including phenoxy) is 1. The molecular formula is C39H40ClF2N9O5. The van der Waals surface area contributed by atoms with Crippen LogP contribution in [0.2, 0.25) is 0 Å². The Morgan fingerprint density at radius 1 is 0.964 bits per heavy atom. The number of likely N-dealkylation sites (tertiary alicyclic amines) is 1. The van der Waals surface area contributed by atoms with Crippen LogP contribution in [0.5, 0.6) is 5.75 Å². The summed E-state index contributed by atoms with van der Waals surface area (Å²) in [6, 6.07) is 14.7. The molecule has 3 fully saturated rings. The molecule has 17 heteroatoms. The van der Waals surface area contributed by atoms with E-state index in [0.29, 0.717) is 35.8 Å². The van der Waals surface area contributed by atoms with Crippen LogP contribution >= 0.6 is 11.6 Å². The van der Waals surface area contributed by atoms with E-state index in [-0.39, 0.29) is 24.0 Å². The number of piperidine rings is 2. The van der Waals surface area contributed by atoms with Crippen LogP contribution in [0.4, 0.5) is 20.3 Å². The van der Waals surface area contributed by atoms with Gasteiger partial charge in [-0.1, -0.05) is 12.1 Å². The number of carbonyl (C=O) groups excluding carboxylic acids is 4. The predicted octanol–water partition coefficient (Wildman–Crippen LogP) is 4.44. The molecule has 0 radical (unpaired) electrons. The zero-order valence-corrected chi connectivity index (χ0v) is 31.1. The summed E-state index contributed by atoms with van der Waals surface area (Å²) >= 11 is 4.84. The van der Waals surface area contributed by atoms with E-state index in [4.69, 9.17) is 16.6 Å². The summed E-state index contributed by atoms with van der Waals surface area (Å²) in [6.07, 6.45) is 5.79. The third kappa shape index (κ3) is 8.08. The second-order valence-electron chi connectivity index (χ2n) is 14.5. The molecule has 4 aliphatic heterocycles. The Hall–Kier alpha value is -5.45. The second kappa shape index (κ2) is 15.6. The van der Waals surface area contributed by atoms with Gasteiger partial charge in [-0.15, -0.1) is 8.78 Å². The standard InChI is InChI=1S/C39H40ClF2N9O5/c40-39(41,42)56-28-6-4-26(5-7-28)45-36(53)25-20-30(32-10-13-44-47-32)35(43-21-25)50-18-16-49(17-19-50)27-11-14-48(15-12-27)22-24-2-1-3-29-31(24)23-51(38(29)55)33-8-9-34(52)46-37(33)54/h1-7,10,13,20-21,27,33H,8-9,11-12,14-19,22-23H2,(H,44,47)(H,45,53)(H,46,52,54). The fourth-order valence-electron chi connectivity index (χ4n) is 8.16. The normalized spacial score (nSPS) is 19.9. The van der Waals surface area contributed by atoms with Crippen LogP contribution in [0.15, 0.2) is 67.0 Å². The monoisotopic (exact) mass is 787 g/mol. The number of nitrogens with zero attached hydrogens (tertiary/aromatic N) is 6. The number of aromatic nitrogens is 3. The van der Waals surface area contributed by atoms with Crippen LogP contribution in [0.25, 0.3) is 11.3 Å². The number of H-pyrrole nitrogens is 1. The maximum absolute atomic E-state index is 13.3. The van der Waals surface area contributed by atoms with Crippen molar-refractivity contribution in [3.63, 3.8) is 0 Å². The molecule has 0 spiro atoms. The average molecular weight is 788 g/mol. The molecule has 56 heavy (non-hydrogen) atoms. The highest BCUT2D eigenvalue weighted by Gasteiger charge is 2.40. The van der Waals surface area contributed by atoms with Gasteiger partial charge in [0.2, 0.25) is 11.8 Å². The van der Waals surface area contributed by atoms with E-state index in [1.54, 1.807) is 17.2 Å². The van der Waals surface area contributed by atoms with Crippen LogP contribution < -0.4 is 20.3 Å². The highest BCUT2D eigenvalue weighted by Crippen LogP contribution is 2.33. The minimum absolute atomic E-state index is 0.144. The summed E-state index contributed by atoms with van der Waals surface area (Å²) in [7, 11) is 0. The average Bonchev–Trinajstić information content (AvgIpc) is 3.84. The number of nitrogens with one attached hydrogen (secondary N) is 3. The summed E-state index contributed by atoms with van der Waals surface area (Å²) in [6.45, 7) is 6.18. The highest BCUT2D eigenvalue weighted by atomic mass is 35.5. The van der Waals surface area contributed by atoms with E-state index < -0.39 is 23.4 Å². The number of imide groups is 1. The molecule has 3 N–H and O–H groups in total. The molecule has 6 heterocycles. The van der Waals surface area contributed by atoms with Gasteiger partial charge in [0, 0.05) is 92.5 Å². The van der Waals surface area contributed by atoms with Gasteiger partial charge in [0.15, 0.2) is 0 Å². The van der Waals surface area contributed by atoms with Crippen molar-refractivity contribution in [1.29, 1.82) is 0 Å². The highest BCUT2D eigenvalue weighted by molar-refractivity contribution is 6.20. The molecule has 4 aliphatic rings. The summed E-state index contributed by atoms with van der Waals surface area (Å²) in [5.41, 5.74) is 1.03. The Morgan fingerprint density at radius 2 is 1.73 bits per heavy atom. The van der Waals surface area contributed by atoms with Crippen LogP contribution in [-0.2, 0) is 22.7 Å². The van der Waals surface area contributed by atoms with Gasteiger partial charge in [-0.25, -0.2) is 4.98 Å². The Kier molecular flexibility index (Phi) is 10.4. The topological polar surface area (TPSA) is 156 Å². The molecule has 14 nitrogen and oxygen atoms in total. The number of amides is 4. The Labute approximate surface area is 326 Å². The minimum Gasteiger partial charge on any atom is -0.420 e. The number of halogens is 3. The summed E-state index contributed by atoms with van der Waals surface area (Å²) in [5, 5.41) is 12.3. The number of hydrogen-bond donors (Lipinski definition) is 3. The van der Waals surface area contributed by atoms with Gasteiger partial charge < -0.3 is 19.9 Å². The van der Waals surface area contributed by atoms with Crippen molar-refractivity contribution in [3.05, 3.63) is 89.2 Å². The molecule has 4 aromatic rings. The van der Waals surface area contributed by atoms with Gasteiger partial charge >= 0.3 is 5.57 Å². The minimum atomic E-state index is -3.84. The number of carbonyl (C=O) groups is 4. The zero-order valence-electron chi connectivity index (χ0n) is 30.3. The molecule has 4 amide bonds. The maximum atomic E-state index is 13.3. The van der Waals surface area contributed by atoms with E-state index in [1.165, 1.54) is 30.5 Å². The van der Waals surface area contributed by atoms with Crippen molar-refractivity contribution in [2.75, 3.05) is 49.5 Å². The maximum Gasteiger partial charge on any atom is 0.487 e. The number of hydrogen-bond acceptors (Lipinski definition) is 10. The largest absolute Gasteiger partial charge is 0.487 e. The third-order valence-electron chi connectivity index (χ3n) is 11.0. The van der Waals surface area contributed by atoms with E-state index >= 15 is 0 Å². The van der Waals surface area contributed by atoms with E-state index in [1.807, 2.05) is 18.2 Å². The molecular weight excluding hydrogens is 748 g/mol. The van der Waals surface area contributed by atoms with Gasteiger partial charge in [-0.2, -0.15) is 5.10 Å².